The third-order valence-corrected chi connectivity index (χ3v) is 2.79. The zero-order valence-electron chi connectivity index (χ0n) is 10.3. The summed E-state index contributed by atoms with van der Waals surface area (Å²) in [6.45, 7) is 1.77. The number of rotatable bonds is 3. The van der Waals surface area contributed by atoms with E-state index < -0.39 is 5.97 Å². The van der Waals surface area contributed by atoms with Gasteiger partial charge in [0.2, 0.25) is 0 Å². The lowest BCUT2D eigenvalue weighted by Crippen LogP contribution is -2.03. The van der Waals surface area contributed by atoms with Crippen LogP contribution in [0.15, 0.2) is 59.8 Å². The van der Waals surface area contributed by atoms with E-state index in [1.54, 1.807) is 43.3 Å². The summed E-state index contributed by atoms with van der Waals surface area (Å²) in [6, 6.07) is 15.9. The van der Waals surface area contributed by atoms with Gasteiger partial charge in [0.25, 0.3) is 0 Å². The van der Waals surface area contributed by atoms with Gasteiger partial charge in [-0.3, -0.25) is 0 Å². The number of benzene rings is 2. The number of oxime groups is 1. The molecular weight excluding hydrogens is 262 g/mol. The SMILES string of the molecule is C/C(=N\OC(=O)c1ccccc1)c1ccc(Cl)cc1. The summed E-state index contributed by atoms with van der Waals surface area (Å²) in [5.74, 6) is -0.478. The highest BCUT2D eigenvalue weighted by atomic mass is 35.5. The Balaban J connectivity index is 2.06. The average molecular weight is 274 g/mol. The van der Waals surface area contributed by atoms with Gasteiger partial charge in [-0.25, -0.2) is 4.79 Å². The minimum absolute atomic E-state index is 0.468. The van der Waals surface area contributed by atoms with Crippen LogP contribution in [0.3, 0.4) is 0 Å². The second-order valence-corrected chi connectivity index (χ2v) is 4.36. The highest BCUT2D eigenvalue weighted by Gasteiger charge is 2.06. The van der Waals surface area contributed by atoms with Crippen molar-refractivity contribution in [1.82, 2.24) is 0 Å². The van der Waals surface area contributed by atoms with Crippen LogP contribution >= 0.6 is 11.6 Å². The van der Waals surface area contributed by atoms with E-state index in [-0.39, 0.29) is 0 Å². The number of hydrogen-bond donors (Lipinski definition) is 0. The van der Waals surface area contributed by atoms with E-state index in [4.69, 9.17) is 16.4 Å². The van der Waals surface area contributed by atoms with E-state index >= 15 is 0 Å². The molecule has 0 aliphatic heterocycles. The van der Waals surface area contributed by atoms with Crippen molar-refractivity contribution in [3.8, 4) is 0 Å². The fourth-order valence-electron chi connectivity index (χ4n) is 1.48. The number of carbonyl (C=O) groups excluding carboxylic acids is 1. The number of hydrogen-bond acceptors (Lipinski definition) is 3. The molecule has 0 saturated heterocycles. The van der Waals surface area contributed by atoms with Crippen LogP contribution in [-0.2, 0) is 4.84 Å². The third-order valence-electron chi connectivity index (χ3n) is 2.54. The average Bonchev–Trinajstić information content (AvgIpc) is 2.46. The van der Waals surface area contributed by atoms with Crippen LogP contribution < -0.4 is 0 Å². The largest absolute Gasteiger partial charge is 0.365 e. The molecule has 2 aromatic rings. The Morgan fingerprint density at radius 3 is 2.26 bits per heavy atom. The van der Waals surface area contributed by atoms with Crippen LogP contribution in [0, 0.1) is 0 Å². The molecule has 0 amide bonds. The normalized spacial score (nSPS) is 11.2. The van der Waals surface area contributed by atoms with E-state index in [1.807, 2.05) is 18.2 Å². The minimum atomic E-state index is -0.478. The lowest BCUT2D eigenvalue weighted by atomic mass is 10.1. The smallest absolute Gasteiger partial charge is 0.313 e. The highest BCUT2D eigenvalue weighted by molar-refractivity contribution is 6.30. The Morgan fingerprint density at radius 2 is 1.63 bits per heavy atom. The Kier molecular flexibility index (Phi) is 4.31. The number of carbonyl (C=O) groups is 1. The lowest BCUT2D eigenvalue weighted by Gasteiger charge is -2.01. The van der Waals surface area contributed by atoms with Gasteiger partial charge in [0, 0.05) is 5.02 Å². The van der Waals surface area contributed by atoms with Crippen molar-refractivity contribution in [1.29, 1.82) is 0 Å². The summed E-state index contributed by atoms with van der Waals surface area (Å²) in [6.07, 6.45) is 0. The molecule has 0 aliphatic rings. The summed E-state index contributed by atoms with van der Waals surface area (Å²) in [5, 5.41) is 4.48. The molecule has 0 atom stereocenters. The first-order chi connectivity index (χ1) is 9.16. The predicted molar refractivity (Wildman–Crippen MR) is 75.5 cm³/mol. The lowest BCUT2D eigenvalue weighted by molar-refractivity contribution is 0.0516. The fraction of sp³-hybridized carbons (Fsp3) is 0.0667. The molecule has 0 N–H and O–H groups in total. The van der Waals surface area contributed by atoms with E-state index in [0.717, 1.165) is 5.56 Å². The van der Waals surface area contributed by atoms with Crippen molar-refractivity contribution in [2.24, 2.45) is 5.16 Å². The molecule has 0 saturated carbocycles. The Bertz CT molecular complexity index is 591. The van der Waals surface area contributed by atoms with Crippen LogP contribution in [0.25, 0.3) is 0 Å². The molecule has 0 aromatic heterocycles. The second-order valence-electron chi connectivity index (χ2n) is 3.93. The van der Waals surface area contributed by atoms with Gasteiger partial charge >= 0.3 is 5.97 Å². The molecule has 0 bridgehead atoms. The van der Waals surface area contributed by atoms with Crippen molar-refractivity contribution in [3.05, 3.63) is 70.7 Å². The topological polar surface area (TPSA) is 38.7 Å². The Labute approximate surface area is 116 Å². The summed E-state index contributed by atoms with van der Waals surface area (Å²) in [5.41, 5.74) is 1.93. The van der Waals surface area contributed by atoms with Crippen molar-refractivity contribution in [2.45, 2.75) is 6.92 Å². The molecule has 0 spiro atoms. The minimum Gasteiger partial charge on any atom is -0.313 e. The maximum Gasteiger partial charge on any atom is 0.365 e. The first-order valence-electron chi connectivity index (χ1n) is 5.74. The Morgan fingerprint density at radius 1 is 1.00 bits per heavy atom. The van der Waals surface area contributed by atoms with E-state index in [1.165, 1.54) is 0 Å². The summed E-state index contributed by atoms with van der Waals surface area (Å²) >= 11 is 5.80. The number of halogens is 1. The quantitative estimate of drug-likeness (QED) is 0.483. The first-order valence-corrected chi connectivity index (χ1v) is 6.11. The fourth-order valence-corrected chi connectivity index (χ4v) is 1.61. The van der Waals surface area contributed by atoms with Crippen molar-refractivity contribution < 1.29 is 9.63 Å². The molecule has 2 aromatic carbocycles. The van der Waals surface area contributed by atoms with Crippen molar-refractivity contribution in [3.63, 3.8) is 0 Å². The summed E-state index contributed by atoms with van der Waals surface area (Å²) < 4.78 is 0. The monoisotopic (exact) mass is 273 g/mol. The van der Waals surface area contributed by atoms with Crippen molar-refractivity contribution >= 4 is 23.3 Å². The van der Waals surface area contributed by atoms with Gasteiger partial charge in [-0.05, 0) is 36.8 Å². The number of nitrogens with zero attached hydrogens (tertiary/aromatic N) is 1. The molecular formula is C15H12ClNO2. The van der Waals surface area contributed by atoms with Gasteiger partial charge in [-0.1, -0.05) is 47.1 Å². The zero-order chi connectivity index (χ0) is 13.7. The van der Waals surface area contributed by atoms with Gasteiger partial charge in [-0.2, -0.15) is 0 Å². The molecule has 4 heteroatoms. The standard InChI is InChI=1S/C15H12ClNO2/c1-11(12-7-9-14(16)10-8-12)17-19-15(18)13-5-3-2-4-6-13/h2-10H,1H3/b17-11+. The summed E-state index contributed by atoms with van der Waals surface area (Å²) in [7, 11) is 0. The molecule has 96 valence electrons. The zero-order valence-corrected chi connectivity index (χ0v) is 11.1. The predicted octanol–water partition coefficient (Wildman–Crippen LogP) is 3.92. The van der Waals surface area contributed by atoms with Gasteiger partial charge in [-0.15, -0.1) is 0 Å². The third kappa shape index (κ3) is 3.66. The van der Waals surface area contributed by atoms with E-state index in [2.05, 4.69) is 5.16 Å². The first kappa shape index (κ1) is 13.3. The molecule has 2 rings (SSSR count). The van der Waals surface area contributed by atoms with Crippen LogP contribution in [0.1, 0.15) is 22.8 Å². The highest BCUT2D eigenvalue weighted by Crippen LogP contribution is 2.10. The van der Waals surface area contributed by atoms with Gasteiger partial charge in [0.05, 0.1) is 11.3 Å². The van der Waals surface area contributed by atoms with Crippen LogP contribution in [-0.4, -0.2) is 11.7 Å². The van der Waals surface area contributed by atoms with Crippen molar-refractivity contribution in [2.75, 3.05) is 0 Å². The van der Waals surface area contributed by atoms with Crippen LogP contribution in [0.2, 0.25) is 5.02 Å². The molecule has 19 heavy (non-hydrogen) atoms. The van der Waals surface area contributed by atoms with E-state index in [9.17, 15) is 4.79 Å². The molecule has 0 fully saturated rings. The molecule has 0 aliphatic carbocycles. The maximum absolute atomic E-state index is 11.7. The summed E-state index contributed by atoms with van der Waals surface area (Å²) in [4.78, 5) is 16.6. The van der Waals surface area contributed by atoms with Gasteiger partial charge in [0.15, 0.2) is 0 Å². The van der Waals surface area contributed by atoms with Crippen LogP contribution in [0.5, 0.6) is 0 Å². The molecule has 3 nitrogen and oxygen atoms in total. The van der Waals surface area contributed by atoms with Crippen LogP contribution in [0.4, 0.5) is 0 Å². The van der Waals surface area contributed by atoms with Gasteiger partial charge in [0.1, 0.15) is 0 Å². The molecule has 0 heterocycles. The van der Waals surface area contributed by atoms with E-state index in [0.29, 0.717) is 16.3 Å². The molecule has 0 unspecified atom stereocenters. The molecule has 0 radical (unpaired) electrons. The second kappa shape index (κ2) is 6.16. The maximum atomic E-state index is 11.7. The Hall–Kier alpha value is -2.13. The van der Waals surface area contributed by atoms with Gasteiger partial charge < -0.3 is 4.84 Å².